The van der Waals surface area contributed by atoms with Gasteiger partial charge >= 0.3 is 0 Å². The Balaban J connectivity index is 2.08. The standard InChI is InChI=1S/C17H17BrCl2O/c18-15-6-4-5-14(11-15)17(12-19,13-20)9-10-21-16-7-2-1-3-8-16/h1-8,11H,9-10,12-13H2. The zero-order valence-corrected chi connectivity index (χ0v) is 14.7. The lowest BCUT2D eigenvalue weighted by molar-refractivity contribution is 0.275. The van der Waals surface area contributed by atoms with Crippen molar-refractivity contribution in [3.8, 4) is 5.75 Å². The van der Waals surface area contributed by atoms with Crippen molar-refractivity contribution in [2.45, 2.75) is 11.8 Å². The average Bonchev–Trinajstić information content (AvgIpc) is 2.53. The number of rotatable bonds is 7. The van der Waals surface area contributed by atoms with Gasteiger partial charge in [0.15, 0.2) is 0 Å². The zero-order valence-electron chi connectivity index (χ0n) is 11.6. The molecule has 0 spiro atoms. The highest BCUT2D eigenvalue weighted by molar-refractivity contribution is 9.10. The van der Waals surface area contributed by atoms with Crippen LogP contribution in [0.4, 0.5) is 0 Å². The molecule has 2 aromatic carbocycles. The van der Waals surface area contributed by atoms with E-state index >= 15 is 0 Å². The number of halogens is 3. The number of hydrogen-bond donors (Lipinski definition) is 0. The summed E-state index contributed by atoms with van der Waals surface area (Å²) in [5.41, 5.74) is 0.861. The minimum atomic E-state index is -0.276. The predicted molar refractivity (Wildman–Crippen MR) is 93.8 cm³/mol. The quantitative estimate of drug-likeness (QED) is 0.559. The summed E-state index contributed by atoms with van der Waals surface area (Å²) in [6, 6.07) is 17.9. The lowest BCUT2D eigenvalue weighted by Crippen LogP contribution is -2.32. The van der Waals surface area contributed by atoms with Crippen molar-refractivity contribution in [1.82, 2.24) is 0 Å². The van der Waals surface area contributed by atoms with Gasteiger partial charge in [-0.2, -0.15) is 0 Å². The van der Waals surface area contributed by atoms with Gasteiger partial charge in [-0.25, -0.2) is 0 Å². The van der Waals surface area contributed by atoms with Crippen LogP contribution in [0.15, 0.2) is 59.1 Å². The third-order valence-electron chi connectivity index (χ3n) is 3.54. The van der Waals surface area contributed by atoms with Crippen molar-refractivity contribution in [3.05, 3.63) is 64.6 Å². The highest BCUT2D eigenvalue weighted by atomic mass is 79.9. The van der Waals surface area contributed by atoms with E-state index < -0.39 is 0 Å². The molecule has 0 amide bonds. The highest BCUT2D eigenvalue weighted by Gasteiger charge is 2.30. The van der Waals surface area contributed by atoms with E-state index in [0.717, 1.165) is 22.2 Å². The maximum absolute atomic E-state index is 6.24. The third kappa shape index (κ3) is 4.38. The van der Waals surface area contributed by atoms with Crippen LogP contribution in [-0.2, 0) is 5.41 Å². The second-order valence-corrected chi connectivity index (χ2v) is 6.42. The molecule has 0 radical (unpaired) electrons. The van der Waals surface area contributed by atoms with Gasteiger partial charge in [-0.3, -0.25) is 0 Å². The van der Waals surface area contributed by atoms with E-state index in [1.165, 1.54) is 0 Å². The molecule has 21 heavy (non-hydrogen) atoms. The van der Waals surface area contributed by atoms with E-state index in [9.17, 15) is 0 Å². The Labute approximate surface area is 144 Å². The van der Waals surface area contributed by atoms with Crippen molar-refractivity contribution in [3.63, 3.8) is 0 Å². The summed E-state index contributed by atoms with van der Waals surface area (Å²) in [4.78, 5) is 0. The van der Waals surface area contributed by atoms with Crippen LogP contribution in [0.25, 0.3) is 0 Å². The Morgan fingerprint density at radius 3 is 2.29 bits per heavy atom. The van der Waals surface area contributed by atoms with Gasteiger partial charge in [0.25, 0.3) is 0 Å². The molecule has 2 aromatic rings. The average molecular weight is 388 g/mol. The molecule has 0 fully saturated rings. The zero-order chi connectivity index (χ0) is 15.1. The third-order valence-corrected chi connectivity index (χ3v) is 5.06. The molecule has 0 saturated heterocycles. The first-order chi connectivity index (χ1) is 10.2. The second kappa shape index (κ2) is 8.07. The van der Waals surface area contributed by atoms with E-state index in [1.807, 2.05) is 42.5 Å². The number of benzene rings is 2. The van der Waals surface area contributed by atoms with Gasteiger partial charge in [0.05, 0.1) is 6.61 Å². The van der Waals surface area contributed by atoms with Crippen LogP contribution in [0.2, 0.25) is 0 Å². The van der Waals surface area contributed by atoms with Crippen LogP contribution in [0.5, 0.6) is 5.75 Å². The second-order valence-electron chi connectivity index (χ2n) is 4.97. The van der Waals surface area contributed by atoms with Gasteiger partial charge in [0.1, 0.15) is 5.75 Å². The summed E-state index contributed by atoms with van der Waals surface area (Å²) < 4.78 is 6.82. The summed E-state index contributed by atoms with van der Waals surface area (Å²) in [6.45, 7) is 0.579. The van der Waals surface area contributed by atoms with Crippen molar-refractivity contribution in [2.75, 3.05) is 18.4 Å². The minimum Gasteiger partial charge on any atom is -0.494 e. The molecule has 0 heterocycles. The van der Waals surface area contributed by atoms with Gasteiger partial charge in [-0.15, -0.1) is 23.2 Å². The molecule has 4 heteroatoms. The Hall–Kier alpha value is -0.700. The summed E-state index contributed by atoms with van der Waals surface area (Å²) in [5.74, 6) is 1.79. The fourth-order valence-electron chi connectivity index (χ4n) is 2.17. The fourth-order valence-corrected chi connectivity index (χ4v) is 3.43. The molecular weight excluding hydrogens is 371 g/mol. The van der Waals surface area contributed by atoms with Crippen molar-refractivity contribution < 1.29 is 4.74 Å². The van der Waals surface area contributed by atoms with Gasteiger partial charge in [-0.05, 0) is 36.2 Å². The minimum absolute atomic E-state index is 0.276. The molecule has 0 aliphatic rings. The number of hydrogen-bond acceptors (Lipinski definition) is 1. The normalized spacial score (nSPS) is 11.4. The monoisotopic (exact) mass is 386 g/mol. The SMILES string of the molecule is ClCC(CCl)(CCOc1ccccc1)c1cccc(Br)c1. The number of alkyl halides is 2. The van der Waals surface area contributed by atoms with Gasteiger partial charge < -0.3 is 4.74 Å². The molecule has 0 atom stereocenters. The van der Waals surface area contributed by atoms with E-state index in [0.29, 0.717) is 18.4 Å². The van der Waals surface area contributed by atoms with E-state index in [4.69, 9.17) is 27.9 Å². The van der Waals surface area contributed by atoms with Crippen molar-refractivity contribution in [1.29, 1.82) is 0 Å². The Bertz CT molecular complexity index is 556. The van der Waals surface area contributed by atoms with E-state index in [2.05, 4.69) is 28.1 Å². The molecule has 0 bridgehead atoms. The molecule has 1 nitrogen and oxygen atoms in total. The molecule has 2 rings (SSSR count). The molecular formula is C17H17BrCl2O. The van der Waals surface area contributed by atoms with Crippen LogP contribution in [0.3, 0.4) is 0 Å². The number of para-hydroxylation sites is 1. The molecule has 0 aliphatic carbocycles. The Morgan fingerprint density at radius 2 is 1.67 bits per heavy atom. The smallest absolute Gasteiger partial charge is 0.119 e. The predicted octanol–water partition coefficient (Wildman–Crippen LogP) is 5.63. The fraction of sp³-hybridized carbons (Fsp3) is 0.294. The largest absolute Gasteiger partial charge is 0.494 e. The van der Waals surface area contributed by atoms with Crippen molar-refractivity contribution in [2.24, 2.45) is 0 Å². The molecule has 0 unspecified atom stereocenters. The first kappa shape index (κ1) is 16.7. The first-order valence-electron chi connectivity index (χ1n) is 6.76. The lowest BCUT2D eigenvalue weighted by Gasteiger charge is -2.30. The Morgan fingerprint density at radius 1 is 0.952 bits per heavy atom. The first-order valence-corrected chi connectivity index (χ1v) is 8.62. The van der Waals surface area contributed by atoms with Gasteiger partial charge in [0, 0.05) is 21.6 Å². The summed E-state index contributed by atoms with van der Waals surface area (Å²) in [7, 11) is 0. The summed E-state index contributed by atoms with van der Waals surface area (Å²) in [6.07, 6.45) is 0.769. The molecule has 0 N–H and O–H groups in total. The van der Waals surface area contributed by atoms with Crippen LogP contribution in [0.1, 0.15) is 12.0 Å². The van der Waals surface area contributed by atoms with E-state index in [1.54, 1.807) is 0 Å². The van der Waals surface area contributed by atoms with Crippen molar-refractivity contribution >= 4 is 39.1 Å². The van der Waals surface area contributed by atoms with Gasteiger partial charge in [0.2, 0.25) is 0 Å². The van der Waals surface area contributed by atoms with Crippen LogP contribution < -0.4 is 4.74 Å². The maximum atomic E-state index is 6.24. The number of ether oxygens (including phenoxy) is 1. The van der Waals surface area contributed by atoms with Crippen LogP contribution in [-0.4, -0.2) is 18.4 Å². The molecule has 0 aromatic heterocycles. The molecule has 0 aliphatic heterocycles. The molecule has 112 valence electrons. The van der Waals surface area contributed by atoms with Crippen LogP contribution >= 0.6 is 39.1 Å². The topological polar surface area (TPSA) is 9.23 Å². The lowest BCUT2D eigenvalue weighted by atomic mass is 9.81. The van der Waals surface area contributed by atoms with E-state index in [-0.39, 0.29) is 5.41 Å². The van der Waals surface area contributed by atoms with Crippen LogP contribution in [0, 0.1) is 0 Å². The highest BCUT2D eigenvalue weighted by Crippen LogP contribution is 2.33. The summed E-state index contributed by atoms with van der Waals surface area (Å²) >= 11 is 16.0. The summed E-state index contributed by atoms with van der Waals surface area (Å²) in [5, 5.41) is 0. The maximum Gasteiger partial charge on any atom is 0.119 e. The Kier molecular flexibility index (Phi) is 6.40. The molecule has 0 saturated carbocycles. The van der Waals surface area contributed by atoms with Gasteiger partial charge in [-0.1, -0.05) is 46.3 Å².